The number of primary amides is 1. The summed E-state index contributed by atoms with van der Waals surface area (Å²) in [4.78, 5) is 28.9. The zero-order valence-corrected chi connectivity index (χ0v) is 9.72. The predicted octanol–water partition coefficient (Wildman–Crippen LogP) is 0.805. The molecule has 0 aromatic carbocycles. The highest BCUT2D eigenvalue weighted by molar-refractivity contribution is 5.98. The smallest absolute Gasteiger partial charge is 0.255 e. The second-order valence-electron chi connectivity index (χ2n) is 4.15. The molecule has 17 heavy (non-hydrogen) atoms. The molecule has 1 saturated carbocycles. The summed E-state index contributed by atoms with van der Waals surface area (Å²) in [5, 5.41) is 0. The lowest BCUT2D eigenvalue weighted by molar-refractivity contribution is 0.0752. The molecule has 1 aromatic rings. The topological polar surface area (TPSA) is 76.3 Å². The van der Waals surface area contributed by atoms with Crippen LogP contribution >= 0.6 is 0 Å². The molecule has 0 atom stereocenters. The van der Waals surface area contributed by atoms with Crippen LogP contribution in [0.1, 0.15) is 40.5 Å². The Labute approximate surface area is 99.6 Å². The van der Waals surface area contributed by atoms with E-state index in [-0.39, 0.29) is 11.5 Å². The fraction of sp³-hybridized carbons (Fsp3) is 0.417. The molecule has 1 heterocycles. The van der Waals surface area contributed by atoms with E-state index in [1.165, 1.54) is 18.5 Å². The molecule has 0 radical (unpaired) electrons. The molecule has 2 amide bonds. The summed E-state index contributed by atoms with van der Waals surface area (Å²) < 4.78 is 0. The number of nitrogens with two attached hydrogens (primary N) is 1. The van der Waals surface area contributed by atoms with Gasteiger partial charge in [-0.2, -0.15) is 0 Å². The molecule has 0 bridgehead atoms. The molecule has 1 fully saturated rings. The van der Waals surface area contributed by atoms with E-state index >= 15 is 0 Å². The highest BCUT2D eigenvalue weighted by Gasteiger charge is 2.32. The highest BCUT2D eigenvalue weighted by Crippen LogP contribution is 2.27. The predicted molar refractivity (Wildman–Crippen MR) is 62.5 cm³/mol. The Morgan fingerprint density at radius 1 is 1.41 bits per heavy atom. The maximum Gasteiger partial charge on any atom is 0.255 e. The molecule has 90 valence electrons. The standard InChI is InChI=1S/C12H15N3O2/c1-2-15(10-3-4-10)12(17)9-5-8(11(13)16)6-14-7-9/h5-7,10H,2-4H2,1H3,(H2,13,16). The molecule has 5 heteroatoms. The van der Waals surface area contributed by atoms with Gasteiger partial charge in [0.05, 0.1) is 11.1 Å². The lowest BCUT2D eigenvalue weighted by atomic mass is 10.1. The number of rotatable bonds is 4. The first-order valence-corrected chi connectivity index (χ1v) is 5.69. The highest BCUT2D eigenvalue weighted by atomic mass is 16.2. The molecule has 0 spiro atoms. The van der Waals surface area contributed by atoms with E-state index in [4.69, 9.17) is 5.73 Å². The second-order valence-corrected chi connectivity index (χ2v) is 4.15. The Morgan fingerprint density at radius 2 is 2.06 bits per heavy atom. The van der Waals surface area contributed by atoms with E-state index in [0.717, 1.165) is 12.8 Å². The third kappa shape index (κ3) is 2.43. The molecule has 1 aliphatic carbocycles. The van der Waals surface area contributed by atoms with E-state index in [1.807, 2.05) is 11.8 Å². The number of carbonyl (C=O) groups excluding carboxylic acids is 2. The van der Waals surface area contributed by atoms with Gasteiger partial charge in [-0.25, -0.2) is 0 Å². The van der Waals surface area contributed by atoms with Crippen molar-refractivity contribution in [1.29, 1.82) is 0 Å². The zero-order chi connectivity index (χ0) is 12.4. The quantitative estimate of drug-likeness (QED) is 0.835. The summed E-state index contributed by atoms with van der Waals surface area (Å²) in [7, 11) is 0. The third-order valence-corrected chi connectivity index (χ3v) is 2.86. The number of nitrogens with zero attached hydrogens (tertiary/aromatic N) is 2. The van der Waals surface area contributed by atoms with Gasteiger partial charge in [0.15, 0.2) is 0 Å². The second kappa shape index (κ2) is 4.53. The number of pyridine rings is 1. The maximum absolute atomic E-state index is 12.2. The van der Waals surface area contributed by atoms with Crippen LogP contribution in [-0.2, 0) is 0 Å². The van der Waals surface area contributed by atoms with Gasteiger partial charge in [0.1, 0.15) is 0 Å². The fourth-order valence-corrected chi connectivity index (χ4v) is 1.81. The van der Waals surface area contributed by atoms with E-state index in [0.29, 0.717) is 18.2 Å². The molecular weight excluding hydrogens is 218 g/mol. The average Bonchev–Trinajstić information content (AvgIpc) is 3.14. The van der Waals surface area contributed by atoms with Crippen LogP contribution < -0.4 is 5.73 Å². The Morgan fingerprint density at radius 3 is 2.59 bits per heavy atom. The van der Waals surface area contributed by atoms with Crippen molar-refractivity contribution in [2.45, 2.75) is 25.8 Å². The summed E-state index contributed by atoms with van der Waals surface area (Å²) >= 11 is 0. The number of amides is 2. The molecule has 0 unspecified atom stereocenters. The van der Waals surface area contributed by atoms with E-state index in [2.05, 4.69) is 4.98 Å². The van der Waals surface area contributed by atoms with Crippen molar-refractivity contribution >= 4 is 11.8 Å². The van der Waals surface area contributed by atoms with Crippen LogP contribution in [0, 0.1) is 0 Å². The lowest BCUT2D eigenvalue weighted by Crippen LogP contribution is -2.33. The summed E-state index contributed by atoms with van der Waals surface area (Å²) in [5.74, 6) is -0.646. The molecule has 0 aliphatic heterocycles. The summed E-state index contributed by atoms with van der Waals surface area (Å²) in [6.45, 7) is 2.62. The van der Waals surface area contributed by atoms with Crippen molar-refractivity contribution < 1.29 is 9.59 Å². The summed E-state index contributed by atoms with van der Waals surface area (Å²) in [6, 6.07) is 1.85. The Balaban J connectivity index is 2.23. The van der Waals surface area contributed by atoms with Crippen LogP contribution in [-0.4, -0.2) is 34.3 Å². The molecule has 2 rings (SSSR count). The molecular formula is C12H15N3O2. The minimum atomic E-state index is -0.568. The van der Waals surface area contributed by atoms with Crippen LogP contribution in [0.3, 0.4) is 0 Å². The first kappa shape index (κ1) is 11.6. The van der Waals surface area contributed by atoms with E-state index < -0.39 is 5.91 Å². The van der Waals surface area contributed by atoms with Crippen molar-refractivity contribution in [1.82, 2.24) is 9.88 Å². The third-order valence-electron chi connectivity index (χ3n) is 2.86. The van der Waals surface area contributed by atoms with Gasteiger partial charge in [0, 0.05) is 25.0 Å². The summed E-state index contributed by atoms with van der Waals surface area (Å²) in [6.07, 6.45) is 4.96. The molecule has 1 aliphatic rings. The molecule has 1 aromatic heterocycles. The van der Waals surface area contributed by atoms with E-state index in [1.54, 1.807) is 0 Å². The van der Waals surface area contributed by atoms with Gasteiger partial charge in [-0.1, -0.05) is 0 Å². The van der Waals surface area contributed by atoms with Crippen molar-refractivity contribution in [2.75, 3.05) is 6.54 Å². The lowest BCUT2D eigenvalue weighted by Gasteiger charge is -2.20. The van der Waals surface area contributed by atoms with Gasteiger partial charge < -0.3 is 10.6 Å². The van der Waals surface area contributed by atoms with Gasteiger partial charge in [-0.05, 0) is 25.8 Å². The fourth-order valence-electron chi connectivity index (χ4n) is 1.81. The van der Waals surface area contributed by atoms with Gasteiger partial charge >= 0.3 is 0 Å². The Hall–Kier alpha value is -1.91. The minimum Gasteiger partial charge on any atom is -0.366 e. The maximum atomic E-state index is 12.2. The zero-order valence-electron chi connectivity index (χ0n) is 9.72. The van der Waals surface area contributed by atoms with Crippen LogP contribution in [0.2, 0.25) is 0 Å². The molecule has 0 saturated heterocycles. The van der Waals surface area contributed by atoms with Gasteiger partial charge in [-0.3, -0.25) is 14.6 Å². The average molecular weight is 233 g/mol. The first-order valence-electron chi connectivity index (χ1n) is 5.69. The SMILES string of the molecule is CCN(C(=O)c1cncc(C(N)=O)c1)C1CC1. The minimum absolute atomic E-state index is 0.0781. The Kier molecular flexibility index (Phi) is 3.08. The van der Waals surface area contributed by atoms with Crippen LogP contribution in [0.25, 0.3) is 0 Å². The number of hydrogen-bond acceptors (Lipinski definition) is 3. The monoisotopic (exact) mass is 233 g/mol. The first-order chi connectivity index (χ1) is 8.13. The Bertz CT molecular complexity index is 455. The van der Waals surface area contributed by atoms with Crippen LogP contribution in [0.4, 0.5) is 0 Å². The summed E-state index contributed by atoms with van der Waals surface area (Å²) in [5.41, 5.74) is 5.85. The normalized spacial score (nSPS) is 14.4. The largest absolute Gasteiger partial charge is 0.366 e. The molecule has 5 nitrogen and oxygen atoms in total. The van der Waals surface area contributed by atoms with E-state index in [9.17, 15) is 9.59 Å². The van der Waals surface area contributed by atoms with Crippen molar-refractivity contribution in [2.24, 2.45) is 5.73 Å². The van der Waals surface area contributed by atoms with Crippen LogP contribution in [0.5, 0.6) is 0 Å². The molecule has 2 N–H and O–H groups in total. The van der Waals surface area contributed by atoms with Gasteiger partial charge in [-0.15, -0.1) is 0 Å². The van der Waals surface area contributed by atoms with Crippen LogP contribution in [0.15, 0.2) is 18.5 Å². The van der Waals surface area contributed by atoms with Crippen molar-refractivity contribution in [3.05, 3.63) is 29.6 Å². The number of aromatic nitrogens is 1. The number of hydrogen-bond donors (Lipinski definition) is 1. The van der Waals surface area contributed by atoms with Crippen molar-refractivity contribution in [3.63, 3.8) is 0 Å². The number of carbonyl (C=O) groups is 2. The van der Waals surface area contributed by atoms with Gasteiger partial charge in [0.2, 0.25) is 5.91 Å². The van der Waals surface area contributed by atoms with Crippen molar-refractivity contribution in [3.8, 4) is 0 Å². The van der Waals surface area contributed by atoms with Gasteiger partial charge in [0.25, 0.3) is 5.91 Å².